The highest BCUT2D eigenvalue weighted by Gasteiger charge is 2.16. The molecule has 4 heteroatoms. The molecule has 1 saturated heterocycles. The van der Waals surface area contributed by atoms with Gasteiger partial charge < -0.3 is 14.2 Å². The van der Waals surface area contributed by atoms with Crippen LogP contribution in [0.5, 0.6) is 5.75 Å². The highest BCUT2D eigenvalue weighted by atomic mass is 16.5. The quantitative estimate of drug-likeness (QED) is 0.861. The van der Waals surface area contributed by atoms with Gasteiger partial charge in [0.25, 0.3) is 0 Å². The largest absolute Gasteiger partial charge is 0.508 e. The van der Waals surface area contributed by atoms with E-state index in [1.807, 2.05) is 12.4 Å². The van der Waals surface area contributed by atoms with E-state index in [4.69, 9.17) is 4.74 Å². The van der Waals surface area contributed by atoms with Crippen LogP contribution in [0.1, 0.15) is 18.7 Å². The minimum Gasteiger partial charge on any atom is -0.508 e. The van der Waals surface area contributed by atoms with Crippen molar-refractivity contribution in [3.8, 4) is 5.75 Å². The van der Waals surface area contributed by atoms with Gasteiger partial charge in [0, 0.05) is 31.9 Å². The van der Waals surface area contributed by atoms with E-state index in [9.17, 15) is 5.11 Å². The maximum absolute atomic E-state index is 9.40. The summed E-state index contributed by atoms with van der Waals surface area (Å²) in [5.41, 5.74) is 0.951. The van der Waals surface area contributed by atoms with Gasteiger partial charge in [-0.1, -0.05) is 0 Å². The summed E-state index contributed by atoms with van der Waals surface area (Å²) in [4.78, 5) is 4.44. The molecule has 17 heavy (non-hydrogen) atoms. The Kier molecular flexibility index (Phi) is 2.73. The van der Waals surface area contributed by atoms with Gasteiger partial charge in [0.15, 0.2) is 0 Å². The van der Waals surface area contributed by atoms with Crippen molar-refractivity contribution >= 4 is 5.52 Å². The van der Waals surface area contributed by atoms with Gasteiger partial charge in [0.05, 0.1) is 11.7 Å². The van der Waals surface area contributed by atoms with E-state index >= 15 is 0 Å². The second-order valence-corrected chi connectivity index (χ2v) is 4.61. The molecule has 0 aliphatic carbocycles. The van der Waals surface area contributed by atoms with Gasteiger partial charge in [0.1, 0.15) is 11.6 Å². The molecule has 1 aliphatic rings. The highest BCUT2D eigenvalue weighted by Crippen LogP contribution is 2.21. The van der Waals surface area contributed by atoms with Crippen molar-refractivity contribution in [3.05, 3.63) is 30.4 Å². The van der Waals surface area contributed by atoms with Gasteiger partial charge in [-0.2, -0.15) is 0 Å². The smallest absolute Gasteiger partial charge is 0.119 e. The van der Waals surface area contributed by atoms with E-state index in [-0.39, 0.29) is 5.75 Å². The summed E-state index contributed by atoms with van der Waals surface area (Å²) in [5.74, 6) is 2.03. The molecule has 0 aromatic carbocycles. The van der Waals surface area contributed by atoms with Crippen LogP contribution in [-0.4, -0.2) is 27.7 Å². The minimum absolute atomic E-state index is 0.287. The van der Waals surface area contributed by atoms with Crippen molar-refractivity contribution in [2.75, 3.05) is 13.2 Å². The number of aromatic nitrogens is 2. The van der Waals surface area contributed by atoms with Crippen molar-refractivity contribution in [1.29, 1.82) is 0 Å². The first kappa shape index (κ1) is 10.6. The third-order valence-corrected chi connectivity index (χ3v) is 3.40. The number of pyridine rings is 1. The Morgan fingerprint density at radius 2 is 2.24 bits per heavy atom. The van der Waals surface area contributed by atoms with Crippen LogP contribution < -0.4 is 0 Å². The molecule has 0 unspecified atom stereocenters. The lowest BCUT2D eigenvalue weighted by Crippen LogP contribution is -2.18. The standard InChI is InChI=1S/C13H16N2O2/c16-12-1-4-15-11(8-12)9-14-13(15)7-10-2-5-17-6-3-10/h1,4,8-10,16H,2-3,5-7H2. The molecule has 4 nitrogen and oxygen atoms in total. The van der Waals surface area contributed by atoms with Crippen LogP contribution in [0.2, 0.25) is 0 Å². The number of fused-ring (bicyclic) bond motifs is 1. The lowest BCUT2D eigenvalue weighted by molar-refractivity contribution is 0.0659. The molecule has 2 aromatic rings. The van der Waals surface area contributed by atoms with Crippen molar-refractivity contribution in [3.63, 3.8) is 0 Å². The number of hydrogen-bond acceptors (Lipinski definition) is 3. The highest BCUT2D eigenvalue weighted by molar-refractivity contribution is 5.50. The van der Waals surface area contributed by atoms with Crippen molar-refractivity contribution in [2.24, 2.45) is 5.92 Å². The molecule has 1 N–H and O–H groups in total. The van der Waals surface area contributed by atoms with E-state index in [0.29, 0.717) is 5.92 Å². The number of rotatable bonds is 2. The SMILES string of the molecule is Oc1ccn2c(CC3CCOCC3)ncc2c1. The summed E-state index contributed by atoms with van der Waals surface area (Å²) in [5, 5.41) is 9.40. The molecule has 0 spiro atoms. The molecular formula is C13H16N2O2. The predicted octanol–water partition coefficient (Wildman–Crippen LogP) is 2.01. The van der Waals surface area contributed by atoms with Gasteiger partial charge >= 0.3 is 0 Å². The lowest BCUT2D eigenvalue weighted by Gasteiger charge is -2.21. The summed E-state index contributed by atoms with van der Waals surface area (Å²) in [6.45, 7) is 1.74. The molecule has 3 heterocycles. The Morgan fingerprint density at radius 3 is 3.06 bits per heavy atom. The van der Waals surface area contributed by atoms with Crippen molar-refractivity contribution in [1.82, 2.24) is 9.38 Å². The topological polar surface area (TPSA) is 46.8 Å². The molecule has 3 rings (SSSR count). The maximum Gasteiger partial charge on any atom is 0.119 e. The van der Waals surface area contributed by atoms with Gasteiger partial charge in [-0.05, 0) is 24.8 Å². The first-order valence-electron chi connectivity index (χ1n) is 6.05. The number of aromatic hydroxyl groups is 1. The molecule has 2 aromatic heterocycles. The predicted molar refractivity (Wildman–Crippen MR) is 64.1 cm³/mol. The minimum atomic E-state index is 0.287. The molecule has 90 valence electrons. The van der Waals surface area contributed by atoms with E-state index < -0.39 is 0 Å². The zero-order valence-electron chi connectivity index (χ0n) is 9.67. The van der Waals surface area contributed by atoms with Gasteiger partial charge in [-0.25, -0.2) is 4.98 Å². The Bertz CT molecular complexity index is 515. The fourth-order valence-corrected chi connectivity index (χ4v) is 2.40. The second-order valence-electron chi connectivity index (χ2n) is 4.61. The fourth-order valence-electron chi connectivity index (χ4n) is 2.40. The zero-order chi connectivity index (χ0) is 11.7. The van der Waals surface area contributed by atoms with Gasteiger partial charge in [-0.15, -0.1) is 0 Å². The zero-order valence-corrected chi connectivity index (χ0v) is 9.67. The van der Waals surface area contributed by atoms with Crippen LogP contribution >= 0.6 is 0 Å². The van der Waals surface area contributed by atoms with Crippen LogP contribution in [0, 0.1) is 5.92 Å². The van der Waals surface area contributed by atoms with Crippen LogP contribution in [-0.2, 0) is 11.2 Å². The average molecular weight is 232 g/mol. The van der Waals surface area contributed by atoms with Crippen LogP contribution in [0.25, 0.3) is 5.52 Å². The third-order valence-electron chi connectivity index (χ3n) is 3.40. The first-order valence-corrected chi connectivity index (χ1v) is 6.05. The molecule has 0 radical (unpaired) electrons. The molecule has 0 saturated carbocycles. The van der Waals surface area contributed by atoms with E-state index in [0.717, 1.165) is 43.8 Å². The monoisotopic (exact) mass is 232 g/mol. The van der Waals surface area contributed by atoms with E-state index in [1.165, 1.54) is 0 Å². The van der Waals surface area contributed by atoms with Gasteiger partial charge in [-0.3, -0.25) is 0 Å². The molecule has 0 amide bonds. The number of imidazole rings is 1. The van der Waals surface area contributed by atoms with Crippen molar-refractivity contribution < 1.29 is 9.84 Å². The Hall–Kier alpha value is -1.55. The normalized spacial score (nSPS) is 17.6. The Balaban J connectivity index is 1.84. The first-order chi connectivity index (χ1) is 8.33. The molecule has 1 fully saturated rings. The molecule has 0 bridgehead atoms. The molecule has 1 aliphatic heterocycles. The average Bonchev–Trinajstić information content (AvgIpc) is 2.73. The number of hydrogen-bond donors (Lipinski definition) is 1. The summed E-state index contributed by atoms with van der Waals surface area (Å²) in [6.07, 6.45) is 6.92. The van der Waals surface area contributed by atoms with E-state index in [1.54, 1.807) is 12.1 Å². The number of ether oxygens (including phenoxy) is 1. The Morgan fingerprint density at radius 1 is 1.41 bits per heavy atom. The summed E-state index contributed by atoms with van der Waals surface area (Å²) in [6, 6.07) is 3.43. The number of nitrogens with zero attached hydrogens (tertiary/aromatic N) is 2. The lowest BCUT2D eigenvalue weighted by atomic mass is 9.96. The van der Waals surface area contributed by atoms with Crippen LogP contribution in [0.4, 0.5) is 0 Å². The van der Waals surface area contributed by atoms with E-state index in [2.05, 4.69) is 9.38 Å². The maximum atomic E-state index is 9.40. The van der Waals surface area contributed by atoms with Crippen LogP contribution in [0.3, 0.4) is 0 Å². The molecule has 0 atom stereocenters. The molecular weight excluding hydrogens is 216 g/mol. The van der Waals surface area contributed by atoms with Crippen LogP contribution in [0.15, 0.2) is 24.5 Å². The summed E-state index contributed by atoms with van der Waals surface area (Å²) in [7, 11) is 0. The fraction of sp³-hybridized carbons (Fsp3) is 0.462. The summed E-state index contributed by atoms with van der Waals surface area (Å²) < 4.78 is 7.41. The third kappa shape index (κ3) is 2.13. The van der Waals surface area contributed by atoms with Gasteiger partial charge in [0.2, 0.25) is 0 Å². The van der Waals surface area contributed by atoms with Crippen molar-refractivity contribution in [2.45, 2.75) is 19.3 Å². The second kappa shape index (κ2) is 4.37. The summed E-state index contributed by atoms with van der Waals surface area (Å²) >= 11 is 0. The Labute approximate surface area is 99.9 Å².